The van der Waals surface area contributed by atoms with Gasteiger partial charge in [0.25, 0.3) is 0 Å². The van der Waals surface area contributed by atoms with Gasteiger partial charge in [-0.05, 0) is 78.6 Å². The van der Waals surface area contributed by atoms with Crippen molar-refractivity contribution < 1.29 is 19.4 Å². The molecule has 2 aliphatic rings. The Hall–Kier alpha value is -2.93. The number of ether oxygens (including phenoxy) is 2. The van der Waals surface area contributed by atoms with Gasteiger partial charge in [0.15, 0.2) is 0 Å². The fourth-order valence-electron chi connectivity index (χ4n) is 6.88. The fourth-order valence-corrected chi connectivity index (χ4v) is 11.0. The number of carbonyl (C=O) groups is 1. The Morgan fingerprint density at radius 1 is 0.949 bits per heavy atom. The maximum atomic E-state index is 12.8. The summed E-state index contributed by atoms with van der Waals surface area (Å²) in [6, 6.07) is 25.2. The molecule has 2 heterocycles. The third kappa shape index (κ3) is 5.56. The van der Waals surface area contributed by atoms with Crippen LogP contribution in [0.5, 0.6) is 5.75 Å². The quantitative estimate of drug-likeness (QED) is 0.336. The summed E-state index contributed by atoms with van der Waals surface area (Å²) in [5.74, 6) is 1.44. The van der Waals surface area contributed by atoms with E-state index >= 15 is 0 Å². The molecule has 1 saturated heterocycles. The number of anilines is 2. The van der Waals surface area contributed by atoms with E-state index in [1.165, 1.54) is 16.3 Å². The lowest BCUT2D eigenvalue weighted by molar-refractivity contribution is -0.118. The van der Waals surface area contributed by atoms with Crippen LogP contribution < -0.4 is 14.8 Å². The van der Waals surface area contributed by atoms with Gasteiger partial charge in [0, 0.05) is 18.7 Å². The largest absolute Gasteiger partial charge is 0.497 e. The summed E-state index contributed by atoms with van der Waals surface area (Å²) < 4.78 is 12.1. The van der Waals surface area contributed by atoms with Crippen LogP contribution in [0, 0.1) is 5.92 Å². The minimum atomic E-state index is -1.89. The number of aliphatic hydroxyl groups is 1. The van der Waals surface area contributed by atoms with Crippen LogP contribution in [0.4, 0.5) is 11.4 Å². The van der Waals surface area contributed by atoms with Crippen LogP contribution in [0.25, 0.3) is 0 Å². The summed E-state index contributed by atoms with van der Waals surface area (Å²) in [6.07, 6.45) is 4.12. The number of nitrogens with zero attached hydrogens (tertiary/aromatic N) is 1. The number of para-hydroxylation sites is 1. The molecule has 0 aliphatic carbocycles. The van der Waals surface area contributed by atoms with E-state index in [0.717, 1.165) is 36.4 Å². The summed E-state index contributed by atoms with van der Waals surface area (Å²) in [4.78, 5) is 14.7. The van der Waals surface area contributed by atoms with E-state index in [1.807, 2.05) is 23.1 Å². The molecule has 206 valence electrons. The van der Waals surface area contributed by atoms with Crippen LogP contribution in [0.15, 0.2) is 72.8 Å². The lowest BCUT2D eigenvalue weighted by Gasteiger charge is -2.36. The van der Waals surface area contributed by atoms with Crippen molar-refractivity contribution in [2.24, 2.45) is 5.92 Å². The van der Waals surface area contributed by atoms with Crippen LogP contribution in [0.1, 0.15) is 37.3 Å². The molecule has 3 aromatic carbocycles. The summed E-state index contributed by atoms with van der Waals surface area (Å²) in [7, 11) is -0.186. The fraction of sp³-hybridized carbons (Fsp3) is 0.424. The van der Waals surface area contributed by atoms with Crippen molar-refractivity contribution >= 4 is 30.5 Å². The molecule has 1 fully saturated rings. The second-order valence-corrected chi connectivity index (χ2v) is 16.3. The van der Waals surface area contributed by atoms with Crippen molar-refractivity contribution in [2.75, 3.05) is 18.6 Å². The zero-order chi connectivity index (χ0) is 27.6. The number of fused-ring (bicyclic) bond motifs is 1. The molecule has 0 spiro atoms. The van der Waals surface area contributed by atoms with Crippen molar-refractivity contribution in [3.05, 3.63) is 83.9 Å². The molecule has 39 heavy (non-hydrogen) atoms. The molecule has 0 bridgehead atoms. The van der Waals surface area contributed by atoms with Gasteiger partial charge in [0.1, 0.15) is 5.75 Å². The Morgan fingerprint density at radius 3 is 2.36 bits per heavy atom. The monoisotopic (exact) mass is 543 g/mol. The van der Waals surface area contributed by atoms with Crippen LogP contribution >= 0.6 is 0 Å². The minimum absolute atomic E-state index is 0.0753. The maximum Gasteiger partial charge on any atom is 0.231 e. The Balaban J connectivity index is 1.28. The number of carbonyl (C=O) groups excluding carboxylic acids is 1. The van der Waals surface area contributed by atoms with E-state index in [9.17, 15) is 9.90 Å². The average Bonchev–Trinajstić information content (AvgIpc) is 3.27. The molecule has 1 amide bonds. The Morgan fingerprint density at radius 2 is 1.67 bits per heavy atom. The summed E-state index contributed by atoms with van der Waals surface area (Å²) >= 11 is 0. The molecule has 3 aromatic rings. The van der Waals surface area contributed by atoms with Crippen molar-refractivity contribution in [3.63, 3.8) is 0 Å². The Labute approximate surface area is 233 Å². The van der Waals surface area contributed by atoms with Gasteiger partial charge in [0.2, 0.25) is 5.91 Å². The number of aliphatic hydroxyl groups excluding tert-OH is 1. The third-order valence-corrected chi connectivity index (χ3v) is 13.4. The predicted molar refractivity (Wildman–Crippen MR) is 160 cm³/mol. The highest BCUT2D eigenvalue weighted by atomic mass is 28.3. The van der Waals surface area contributed by atoms with Gasteiger partial charge in [-0.3, -0.25) is 9.69 Å². The molecule has 0 radical (unpaired) electrons. The summed E-state index contributed by atoms with van der Waals surface area (Å²) in [5.41, 5.74) is 4.83. The lowest BCUT2D eigenvalue weighted by Crippen LogP contribution is -2.50. The van der Waals surface area contributed by atoms with Gasteiger partial charge in [-0.2, -0.15) is 0 Å². The minimum Gasteiger partial charge on any atom is -0.497 e. The molecule has 0 unspecified atom stereocenters. The molecule has 5 rings (SSSR count). The number of methoxy groups -OCH3 is 1. The lowest BCUT2D eigenvalue weighted by atomic mass is 9.95. The second kappa shape index (κ2) is 11.7. The predicted octanol–water partition coefficient (Wildman–Crippen LogP) is 6.01. The summed E-state index contributed by atoms with van der Waals surface area (Å²) in [5, 5.41) is 11.2. The van der Waals surface area contributed by atoms with E-state index in [4.69, 9.17) is 9.47 Å². The van der Waals surface area contributed by atoms with Crippen LogP contribution in [-0.4, -0.2) is 45.0 Å². The topological polar surface area (TPSA) is 59.0 Å². The first-order valence-corrected chi connectivity index (χ1v) is 17.3. The number of aryl methyl sites for hydroxylation is 2. The normalized spacial score (nSPS) is 23.1. The van der Waals surface area contributed by atoms with Gasteiger partial charge in [-0.1, -0.05) is 67.7 Å². The highest BCUT2D eigenvalue weighted by molar-refractivity contribution is 6.91. The summed E-state index contributed by atoms with van der Waals surface area (Å²) in [6.45, 7) is 7.36. The van der Waals surface area contributed by atoms with E-state index in [1.54, 1.807) is 7.11 Å². The smallest absolute Gasteiger partial charge is 0.231 e. The Kier molecular flexibility index (Phi) is 8.26. The molecule has 4 atom stereocenters. The zero-order valence-corrected chi connectivity index (χ0v) is 24.6. The van der Waals surface area contributed by atoms with Crippen molar-refractivity contribution in [1.82, 2.24) is 0 Å². The van der Waals surface area contributed by atoms with Gasteiger partial charge < -0.3 is 14.6 Å². The van der Waals surface area contributed by atoms with Crippen LogP contribution in [0.2, 0.25) is 18.6 Å². The van der Waals surface area contributed by atoms with E-state index in [-0.39, 0.29) is 24.7 Å². The van der Waals surface area contributed by atoms with Crippen LogP contribution in [0.3, 0.4) is 0 Å². The first-order valence-electron chi connectivity index (χ1n) is 14.2. The molecular weight excluding hydrogens is 502 g/mol. The number of hydrogen-bond acceptors (Lipinski definition) is 4. The first kappa shape index (κ1) is 27.6. The molecule has 5 nitrogen and oxygen atoms in total. The van der Waals surface area contributed by atoms with E-state index in [0.29, 0.717) is 24.3 Å². The highest BCUT2D eigenvalue weighted by Crippen LogP contribution is 2.46. The standard InChI is InChI=1S/C33H41NO4Si/c1-23-30(38-31(21-22-35)33(23)39(3,4)28-17-15-27(37-2)16-18-28)19-11-24-9-13-26(14-10-24)34-29-8-6-5-7-25(29)12-20-32(34)36/h5-10,13-18,23,30-31,33,35H,11-12,19-22H2,1-4H3/t23-,30+,31-,33+/m1/s1. The van der Waals surface area contributed by atoms with Crippen molar-refractivity contribution in [3.8, 4) is 5.75 Å². The zero-order valence-electron chi connectivity index (χ0n) is 23.6. The van der Waals surface area contributed by atoms with Gasteiger partial charge in [-0.15, -0.1) is 0 Å². The maximum absolute atomic E-state index is 12.8. The first-order chi connectivity index (χ1) is 18.8. The van der Waals surface area contributed by atoms with E-state index in [2.05, 4.69) is 74.6 Å². The van der Waals surface area contributed by atoms with Crippen LogP contribution in [-0.2, 0) is 22.4 Å². The van der Waals surface area contributed by atoms with Crippen molar-refractivity contribution in [2.45, 2.75) is 69.9 Å². The molecule has 2 aliphatic heterocycles. The molecule has 0 saturated carbocycles. The highest BCUT2D eigenvalue weighted by Gasteiger charge is 2.50. The number of hydrogen-bond donors (Lipinski definition) is 1. The molecule has 0 aromatic heterocycles. The Bertz CT molecular complexity index is 1270. The molecular formula is C33H41NO4Si. The van der Waals surface area contributed by atoms with E-state index < -0.39 is 8.07 Å². The van der Waals surface area contributed by atoms with Gasteiger partial charge in [-0.25, -0.2) is 0 Å². The SMILES string of the molecule is COc1ccc([Si](C)(C)[C@H]2[C@H](C)[C@H](CCc3ccc(N4C(=O)CCc5ccccc54)cc3)O[C@@H]2CCO)cc1. The number of rotatable bonds is 9. The third-order valence-electron chi connectivity index (χ3n) is 8.99. The second-order valence-electron chi connectivity index (χ2n) is 11.6. The van der Waals surface area contributed by atoms with Gasteiger partial charge in [0.05, 0.1) is 33.1 Å². The number of benzene rings is 3. The molecule has 1 N–H and O–H groups in total. The average molecular weight is 544 g/mol. The molecule has 6 heteroatoms. The number of amides is 1. The van der Waals surface area contributed by atoms with Gasteiger partial charge >= 0.3 is 0 Å². The van der Waals surface area contributed by atoms with Crippen molar-refractivity contribution in [1.29, 1.82) is 0 Å².